The van der Waals surface area contributed by atoms with Crippen LogP contribution in [0, 0.1) is 0 Å². The fraction of sp³-hybridized carbons (Fsp3) is 0.158. The molecule has 0 aliphatic rings. The highest BCUT2D eigenvalue weighted by atomic mass is 79.9. The number of rotatable bonds is 6. The topological polar surface area (TPSA) is 50.5 Å². The van der Waals surface area contributed by atoms with E-state index in [4.69, 9.17) is 4.42 Å². The molecule has 0 spiro atoms. The first-order chi connectivity index (χ1) is 13.2. The molecular weight excluding hydrogens is 459 g/mol. The Morgan fingerprint density at radius 3 is 2.29 bits per heavy atom. The molecule has 3 aromatic rings. The van der Waals surface area contributed by atoms with Gasteiger partial charge in [0.2, 0.25) is 10.0 Å². The highest BCUT2D eigenvalue weighted by Gasteiger charge is 2.33. The van der Waals surface area contributed by atoms with Gasteiger partial charge < -0.3 is 4.42 Å². The first kappa shape index (κ1) is 20.6. The van der Waals surface area contributed by atoms with Crippen LogP contribution < -0.4 is 0 Å². The van der Waals surface area contributed by atoms with E-state index in [-0.39, 0.29) is 13.1 Å². The monoisotopic (exact) mass is 473 g/mol. The van der Waals surface area contributed by atoms with Crippen LogP contribution in [0.25, 0.3) is 0 Å². The molecular formula is C19H15BrF3NO3S. The third-order valence-corrected chi connectivity index (χ3v) is 6.30. The van der Waals surface area contributed by atoms with E-state index in [9.17, 15) is 21.6 Å². The van der Waals surface area contributed by atoms with Crippen molar-refractivity contribution in [1.29, 1.82) is 0 Å². The molecule has 0 saturated carbocycles. The summed E-state index contributed by atoms with van der Waals surface area (Å²) < 4.78 is 72.4. The molecule has 0 atom stereocenters. The second-order valence-corrected chi connectivity index (χ2v) is 8.86. The minimum Gasteiger partial charge on any atom is -0.468 e. The van der Waals surface area contributed by atoms with Gasteiger partial charge in [-0.3, -0.25) is 0 Å². The van der Waals surface area contributed by atoms with Crippen molar-refractivity contribution < 1.29 is 26.0 Å². The van der Waals surface area contributed by atoms with Gasteiger partial charge in [-0.1, -0.05) is 34.1 Å². The normalized spacial score (nSPS) is 12.5. The van der Waals surface area contributed by atoms with Crippen molar-refractivity contribution in [2.75, 3.05) is 0 Å². The second kappa shape index (κ2) is 8.10. The lowest BCUT2D eigenvalue weighted by Gasteiger charge is -2.22. The van der Waals surface area contributed by atoms with Gasteiger partial charge in [0.25, 0.3) is 0 Å². The molecule has 0 aliphatic carbocycles. The summed E-state index contributed by atoms with van der Waals surface area (Å²) in [6.07, 6.45) is -3.23. The molecule has 0 amide bonds. The first-order valence-corrected chi connectivity index (χ1v) is 10.3. The molecule has 0 N–H and O–H groups in total. The molecule has 28 heavy (non-hydrogen) atoms. The van der Waals surface area contributed by atoms with Crippen molar-refractivity contribution in [2.45, 2.75) is 24.2 Å². The fourth-order valence-corrected chi connectivity index (χ4v) is 4.28. The molecule has 0 radical (unpaired) electrons. The highest BCUT2D eigenvalue weighted by Crippen LogP contribution is 2.31. The summed E-state index contributed by atoms with van der Waals surface area (Å²) in [5.41, 5.74) is -0.333. The number of hydrogen-bond donors (Lipinski definition) is 0. The van der Waals surface area contributed by atoms with Crippen molar-refractivity contribution in [3.8, 4) is 0 Å². The highest BCUT2D eigenvalue weighted by molar-refractivity contribution is 9.10. The Bertz CT molecular complexity index is 1030. The zero-order chi connectivity index (χ0) is 20.4. The minimum atomic E-state index is -4.64. The quantitative estimate of drug-likeness (QED) is 0.478. The van der Waals surface area contributed by atoms with Gasteiger partial charge in [-0.25, -0.2) is 8.42 Å². The molecule has 0 unspecified atom stereocenters. The van der Waals surface area contributed by atoms with Gasteiger partial charge in [-0.05, 0) is 48.0 Å². The summed E-state index contributed by atoms with van der Waals surface area (Å²) in [5, 5.41) is 0. The summed E-state index contributed by atoms with van der Waals surface area (Å²) >= 11 is 3.31. The Balaban J connectivity index is 1.99. The van der Waals surface area contributed by atoms with Crippen LogP contribution in [-0.2, 0) is 29.3 Å². The van der Waals surface area contributed by atoms with Crippen LogP contribution in [0.3, 0.4) is 0 Å². The van der Waals surface area contributed by atoms with Gasteiger partial charge in [0.15, 0.2) is 0 Å². The standard InChI is InChI=1S/C19H15BrF3NO3S/c20-16-8-6-14(7-9-16)12-24(13-17-4-2-10-27-17)28(25,26)18-5-1-3-15(11-18)19(21,22)23/h1-11H,12-13H2. The molecule has 0 aliphatic heterocycles. The van der Waals surface area contributed by atoms with Gasteiger partial charge in [-0.2, -0.15) is 17.5 Å². The van der Waals surface area contributed by atoms with Gasteiger partial charge in [0.1, 0.15) is 5.76 Å². The maximum atomic E-state index is 13.1. The Morgan fingerprint density at radius 2 is 1.68 bits per heavy atom. The number of alkyl halides is 3. The molecule has 0 bridgehead atoms. The average molecular weight is 474 g/mol. The van der Waals surface area contributed by atoms with Gasteiger partial charge in [0.05, 0.1) is 23.3 Å². The van der Waals surface area contributed by atoms with E-state index in [0.29, 0.717) is 17.4 Å². The molecule has 4 nitrogen and oxygen atoms in total. The number of halogens is 4. The van der Waals surface area contributed by atoms with Crippen LogP contribution in [0.2, 0.25) is 0 Å². The third kappa shape index (κ3) is 4.84. The molecule has 2 aromatic carbocycles. The Labute approximate surface area is 168 Å². The van der Waals surface area contributed by atoms with E-state index in [1.54, 1.807) is 36.4 Å². The Hall–Kier alpha value is -2.10. The van der Waals surface area contributed by atoms with E-state index >= 15 is 0 Å². The number of furan rings is 1. The lowest BCUT2D eigenvalue weighted by atomic mass is 10.2. The summed E-state index contributed by atoms with van der Waals surface area (Å²) in [6, 6.07) is 13.9. The van der Waals surface area contributed by atoms with E-state index in [2.05, 4.69) is 15.9 Å². The second-order valence-electron chi connectivity index (χ2n) is 6.00. The first-order valence-electron chi connectivity index (χ1n) is 8.10. The number of benzene rings is 2. The van der Waals surface area contributed by atoms with Gasteiger partial charge in [0, 0.05) is 11.0 Å². The molecule has 9 heteroatoms. The summed E-state index contributed by atoms with van der Waals surface area (Å²) in [5.74, 6) is 0.382. The van der Waals surface area contributed by atoms with Crippen LogP contribution in [0.15, 0.2) is 80.7 Å². The van der Waals surface area contributed by atoms with Crippen LogP contribution in [0.4, 0.5) is 13.2 Å². The van der Waals surface area contributed by atoms with Gasteiger partial charge in [-0.15, -0.1) is 0 Å². The zero-order valence-corrected chi connectivity index (χ0v) is 16.8. The van der Waals surface area contributed by atoms with Crippen LogP contribution in [0.1, 0.15) is 16.9 Å². The van der Waals surface area contributed by atoms with Crippen molar-refractivity contribution in [3.63, 3.8) is 0 Å². The Morgan fingerprint density at radius 1 is 0.964 bits per heavy atom. The van der Waals surface area contributed by atoms with Crippen LogP contribution in [-0.4, -0.2) is 12.7 Å². The zero-order valence-electron chi connectivity index (χ0n) is 14.4. The largest absolute Gasteiger partial charge is 0.468 e. The summed E-state index contributed by atoms with van der Waals surface area (Å²) in [7, 11) is -4.21. The third-order valence-electron chi connectivity index (χ3n) is 3.98. The number of hydrogen-bond acceptors (Lipinski definition) is 3. The van der Waals surface area contributed by atoms with E-state index < -0.39 is 26.7 Å². The predicted molar refractivity (Wildman–Crippen MR) is 101 cm³/mol. The molecule has 148 valence electrons. The smallest absolute Gasteiger partial charge is 0.416 e. The lowest BCUT2D eigenvalue weighted by Crippen LogP contribution is -2.30. The van der Waals surface area contributed by atoms with Gasteiger partial charge >= 0.3 is 6.18 Å². The molecule has 1 aromatic heterocycles. The van der Waals surface area contributed by atoms with E-state index in [0.717, 1.165) is 27.0 Å². The summed E-state index contributed by atoms with van der Waals surface area (Å²) in [6.45, 7) is -0.131. The summed E-state index contributed by atoms with van der Waals surface area (Å²) in [4.78, 5) is -0.425. The van der Waals surface area contributed by atoms with Crippen molar-refractivity contribution in [2.24, 2.45) is 0 Å². The van der Waals surface area contributed by atoms with E-state index in [1.807, 2.05) is 0 Å². The predicted octanol–water partition coefficient (Wildman–Crippen LogP) is 5.45. The van der Waals surface area contributed by atoms with E-state index in [1.165, 1.54) is 6.26 Å². The molecule has 1 heterocycles. The molecule has 0 saturated heterocycles. The average Bonchev–Trinajstić information content (AvgIpc) is 3.15. The maximum Gasteiger partial charge on any atom is 0.416 e. The lowest BCUT2D eigenvalue weighted by molar-refractivity contribution is -0.137. The molecule has 0 fully saturated rings. The maximum absolute atomic E-state index is 13.1. The molecule has 3 rings (SSSR count). The van der Waals surface area contributed by atoms with Crippen molar-refractivity contribution in [3.05, 3.63) is 88.3 Å². The van der Waals surface area contributed by atoms with Crippen LogP contribution >= 0.6 is 15.9 Å². The van der Waals surface area contributed by atoms with Crippen molar-refractivity contribution >= 4 is 26.0 Å². The van der Waals surface area contributed by atoms with Crippen LogP contribution in [0.5, 0.6) is 0 Å². The van der Waals surface area contributed by atoms with Crippen molar-refractivity contribution in [1.82, 2.24) is 4.31 Å². The number of nitrogens with zero attached hydrogens (tertiary/aromatic N) is 1. The Kier molecular flexibility index (Phi) is 5.97. The number of sulfonamides is 1. The fourth-order valence-electron chi connectivity index (χ4n) is 2.58. The SMILES string of the molecule is O=S(=O)(c1cccc(C(F)(F)F)c1)N(Cc1ccc(Br)cc1)Cc1ccco1. The minimum absolute atomic E-state index is 0.0213.